The number of fused-ring (bicyclic) bond motifs is 1. The van der Waals surface area contributed by atoms with Crippen LogP contribution in [-0.2, 0) is 0 Å². The van der Waals surface area contributed by atoms with E-state index in [-0.39, 0.29) is 6.10 Å². The maximum Gasteiger partial charge on any atom is 0.178 e. The van der Waals surface area contributed by atoms with E-state index in [0.29, 0.717) is 6.04 Å². The topological polar surface area (TPSA) is 29.9 Å². The van der Waals surface area contributed by atoms with Crippen LogP contribution in [0.5, 0.6) is 5.75 Å². The maximum absolute atomic E-state index is 5.86. The number of benzene rings is 1. The molecule has 3 nitrogen and oxygen atoms in total. The van der Waals surface area contributed by atoms with Crippen LogP contribution < -0.4 is 4.74 Å². The number of hydrogen-bond acceptors (Lipinski definition) is 2. The lowest BCUT2D eigenvalue weighted by Crippen LogP contribution is -2.05. The molecule has 0 aliphatic heterocycles. The molecule has 1 saturated carbocycles. The Labute approximate surface area is 118 Å². The molecule has 0 bridgehead atoms. The number of aromatic amines is 1. The molecule has 4 heteroatoms. The smallest absolute Gasteiger partial charge is 0.178 e. The van der Waals surface area contributed by atoms with E-state index >= 15 is 0 Å². The molecule has 1 fully saturated rings. The highest BCUT2D eigenvalue weighted by Gasteiger charge is 2.38. The maximum atomic E-state index is 5.86. The molecular formula is C15H20N2OS. The van der Waals surface area contributed by atoms with E-state index in [1.54, 1.807) is 0 Å². The number of H-pyrrole nitrogens is 1. The quantitative estimate of drug-likeness (QED) is 0.836. The minimum atomic E-state index is 0.167. The third-order valence-electron chi connectivity index (χ3n) is 3.82. The Morgan fingerprint density at radius 2 is 2.26 bits per heavy atom. The van der Waals surface area contributed by atoms with E-state index < -0.39 is 0 Å². The van der Waals surface area contributed by atoms with Gasteiger partial charge in [0.1, 0.15) is 11.3 Å². The highest BCUT2D eigenvalue weighted by Crippen LogP contribution is 2.47. The first kappa shape index (κ1) is 12.7. The summed E-state index contributed by atoms with van der Waals surface area (Å²) in [5.74, 6) is 1.67. The second-order valence-corrected chi connectivity index (χ2v) is 5.98. The molecule has 0 amide bonds. The Balaban J connectivity index is 2.10. The van der Waals surface area contributed by atoms with Gasteiger partial charge in [0.2, 0.25) is 0 Å². The van der Waals surface area contributed by atoms with Crippen molar-refractivity contribution in [3.05, 3.63) is 23.0 Å². The zero-order valence-electron chi connectivity index (χ0n) is 11.6. The van der Waals surface area contributed by atoms with Gasteiger partial charge in [0.25, 0.3) is 0 Å². The molecule has 1 N–H and O–H groups in total. The van der Waals surface area contributed by atoms with Crippen LogP contribution in [0.2, 0.25) is 0 Å². The third kappa shape index (κ3) is 2.18. The molecule has 0 saturated heterocycles. The van der Waals surface area contributed by atoms with Crippen LogP contribution in [0.4, 0.5) is 0 Å². The Hall–Kier alpha value is -1.29. The molecule has 2 unspecified atom stereocenters. The summed E-state index contributed by atoms with van der Waals surface area (Å²) >= 11 is 5.50. The number of nitrogens with one attached hydrogen (secondary N) is 1. The predicted octanol–water partition coefficient (Wildman–Crippen LogP) is 4.46. The van der Waals surface area contributed by atoms with Crippen LogP contribution in [0.25, 0.3) is 11.0 Å². The predicted molar refractivity (Wildman–Crippen MR) is 80.3 cm³/mol. The fourth-order valence-corrected chi connectivity index (χ4v) is 3.13. The van der Waals surface area contributed by atoms with Gasteiger partial charge >= 0.3 is 0 Å². The first-order valence-corrected chi connectivity index (χ1v) is 7.42. The van der Waals surface area contributed by atoms with E-state index in [2.05, 4.69) is 22.5 Å². The average molecular weight is 276 g/mol. The number of rotatable bonds is 4. The second-order valence-electron chi connectivity index (χ2n) is 5.59. The van der Waals surface area contributed by atoms with Crippen molar-refractivity contribution in [2.24, 2.45) is 5.92 Å². The van der Waals surface area contributed by atoms with Crippen LogP contribution in [-0.4, -0.2) is 15.7 Å². The molecule has 1 aliphatic carbocycles. The van der Waals surface area contributed by atoms with Crippen molar-refractivity contribution in [3.8, 4) is 5.75 Å². The Morgan fingerprint density at radius 3 is 2.89 bits per heavy atom. The Bertz CT molecular complexity index is 656. The molecule has 0 spiro atoms. The molecule has 1 aromatic heterocycles. The summed E-state index contributed by atoms with van der Waals surface area (Å²) in [6.45, 7) is 6.33. The van der Waals surface area contributed by atoms with Crippen molar-refractivity contribution in [2.45, 2.75) is 45.8 Å². The second kappa shape index (κ2) is 4.67. The van der Waals surface area contributed by atoms with Gasteiger partial charge in [0, 0.05) is 6.04 Å². The van der Waals surface area contributed by atoms with Gasteiger partial charge in [-0.15, -0.1) is 0 Å². The van der Waals surface area contributed by atoms with Gasteiger partial charge in [-0.1, -0.05) is 19.4 Å². The fraction of sp³-hybridized carbons (Fsp3) is 0.533. The van der Waals surface area contributed by atoms with Gasteiger partial charge in [-0.2, -0.15) is 0 Å². The van der Waals surface area contributed by atoms with Gasteiger partial charge in [0.15, 0.2) is 4.77 Å². The summed E-state index contributed by atoms with van der Waals surface area (Å²) in [5.41, 5.74) is 2.20. The summed E-state index contributed by atoms with van der Waals surface area (Å²) in [4.78, 5) is 3.32. The van der Waals surface area contributed by atoms with Crippen molar-refractivity contribution >= 4 is 23.3 Å². The highest BCUT2D eigenvalue weighted by molar-refractivity contribution is 7.71. The lowest BCUT2D eigenvalue weighted by atomic mass is 10.2. The number of ether oxygens (including phenoxy) is 1. The normalized spacial score (nSPS) is 22.1. The molecule has 102 valence electrons. The fourth-order valence-electron chi connectivity index (χ4n) is 2.79. The number of para-hydroxylation sites is 1. The molecular weight excluding hydrogens is 256 g/mol. The van der Waals surface area contributed by atoms with Crippen molar-refractivity contribution in [3.63, 3.8) is 0 Å². The van der Waals surface area contributed by atoms with Crippen molar-refractivity contribution < 1.29 is 4.74 Å². The summed E-state index contributed by atoms with van der Waals surface area (Å²) < 4.78 is 8.94. The molecule has 2 atom stereocenters. The third-order valence-corrected chi connectivity index (χ3v) is 4.12. The van der Waals surface area contributed by atoms with Crippen LogP contribution in [0.1, 0.15) is 39.7 Å². The minimum absolute atomic E-state index is 0.167. The van der Waals surface area contributed by atoms with Gasteiger partial charge in [-0.25, -0.2) is 0 Å². The molecule has 3 rings (SSSR count). The van der Waals surface area contributed by atoms with Crippen molar-refractivity contribution in [2.75, 3.05) is 0 Å². The van der Waals surface area contributed by atoms with Crippen LogP contribution in [0.15, 0.2) is 18.2 Å². The average Bonchev–Trinajstić information content (AvgIpc) is 3.04. The highest BCUT2D eigenvalue weighted by atomic mass is 32.1. The monoisotopic (exact) mass is 276 g/mol. The molecule has 0 radical (unpaired) electrons. The molecule has 1 aliphatic rings. The lowest BCUT2D eigenvalue weighted by molar-refractivity contribution is 0.245. The van der Waals surface area contributed by atoms with E-state index in [0.717, 1.165) is 22.0 Å². The zero-order valence-corrected chi connectivity index (χ0v) is 12.5. The number of imidazole rings is 1. The largest absolute Gasteiger partial charge is 0.489 e. The van der Waals surface area contributed by atoms with Crippen molar-refractivity contribution in [1.29, 1.82) is 0 Å². The summed E-state index contributed by atoms with van der Waals surface area (Å²) in [6, 6.07) is 6.74. The first-order valence-electron chi connectivity index (χ1n) is 7.01. The summed E-state index contributed by atoms with van der Waals surface area (Å²) in [7, 11) is 0. The van der Waals surface area contributed by atoms with Crippen LogP contribution >= 0.6 is 12.2 Å². The Morgan fingerprint density at radius 1 is 1.47 bits per heavy atom. The first-order chi connectivity index (χ1) is 9.11. The number of aromatic nitrogens is 2. The summed E-state index contributed by atoms with van der Waals surface area (Å²) in [6.07, 6.45) is 2.63. The van der Waals surface area contributed by atoms with E-state index in [1.165, 1.54) is 18.4 Å². The Kier molecular flexibility index (Phi) is 3.13. The molecule has 1 heterocycles. The van der Waals surface area contributed by atoms with Gasteiger partial charge in [-0.3, -0.25) is 0 Å². The molecule has 19 heavy (non-hydrogen) atoms. The van der Waals surface area contributed by atoms with Gasteiger partial charge < -0.3 is 14.3 Å². The lowest BCUT2D eigenvalue weighted by Gasteiger charge is -2.10. The number of hydrogen-bond donors (Lipinski definition) is 1. The number of nitrogens with zero attached hydrogens (tertiary/aromatic N) is 1. The minimum Gasteiger partial charge on any atom is -0.489 e. The van der Waals surface area contributed by atoms with Gasteiger partial charge in [0.05, 0.1) is 11.6 Å². The molecule has 2 aromatic rings. The van der Waals surface area contributed by atoms with Crippen molar-refractivity contribution in [1.82, 2.24) is 9.55 Å². The standard InChI is InChI=1S/C15H20N2OS/c1-4-10-8-12(10)17-11-6-5-7-13(18-9(2)3)14(11)16-15(17)19/h5-7,9-10,12H,4,8H2,1-3H3,(H,16,19). The van der Waals surface area contributed by atoms with Crippen LogP contribution in [0, 0.1) is 10.7 Å². The van der Waals surface area contributed by atoms with E-state index in [4.69, 9.17) is 17.0 Å². The van der Waals surface area contributed by atoms with E-state index in [9.17, 15) is 0 Å². The summed E-state index contributed by atoms with van der Waals surface area (Å²) in [5, 5.41) is 0. The van der Waals surface area contributed by atoms with Gasteiger partial charge in [-0.05, 0) is 50.5 Å². The molecule has 1 aromatic carbocycles. The SMILES string of the molecule is CCC1CC1n1c(=S)[nH]c2c(OC(C)C)cccc21. The zero-order chi connectivity index (χ0) is 13.6. The van der Waals surface area contributed by atoms with Crippen LogP contribution in [0.3, 0.4) is 0 Å². The van der Waals surface area contributed by atoms with E-state index in [1.807, 2.05) is 26.0 Å².